The Hall–Kier alpha value is -0.530. The fourth-order valence-corrected chi connectivity index (χ4v) is 1.17. The minimum Gasteiger partial charge on any atom is -0.469 e. The minimum absolute atomic E-state index is 0.0336. The van der Waals surface area contributed by atoms with Crippen LogP contribution in [0.4, 0.5) is 0 Å². The van der Waals surface area contributed by atoms with E-state index in [4.69, 9.17) is 0 Å². The normalized spacial score (nSPS) is 33.1. The lowest BCUT2D eigenvalue weighted by atomic mass is 9.75. The van der Waals surface area contributed by atoms with E-state index in [0.717, 1.165) is 6.42 Å². The maximum atomic E-state index is 10.8. The molecule has 1 aliphatic carbocycles. The standard InChI is InChI=1S/C7H12O2/c1-5-3-4-6(5)7(8)9-2/h5-6H,3-4H2,1-2H3/t5-,6-/m1/s1. The summed E-state index contributed by atoms with van der Waals surface area (Å²) >= 11 is 0. The molecule has 0 amide bonds. The molecule has 1 aliphatic rings. The summed E-state index contributed by atoms with van der Waals surface area (Å²) in [4.78, 5) is 10.8. The number of hydrogen-bond acceptors (Lipinski definition) is 2. The van der Waals surface area contributed by atoms with Gasteiger partial charge in [-0.1, -0.05) is 6.92 Å². The molecule has 1 fully saturated rings. The molecule has 9 heavy (non-hydrogen) atoms. The van der Waals surface area contributed by atoms with Crippen LogP contribution in [0.15, 0.2) is 0 Å². The summed E-state index contributed by atoms with van der Waals surface area (Å²) in [6.45, 7) is 2.09. The predicted molar refractivity (Wildman–Crippen MR) is 33.9 cm³/mol. The molecular formula is C7H12O2. The largest absolute Gasteiger partial charge is 0.469 e. The van der Waals surface area contributed by atoms with E-state index in [2.05, 4.69) is 11.7 Å². The second-order valence-electron chi connectivity index (χ2n) is 2.68. The molecule has 0 aromatic rings. The molecule has 0 N–H and O–H groups in total. The van der Waals surface area contributed by atoms with Crippen LogP contribution in [0.5, 0.6) is 0 Å². The van der Waals surface area contributed by atoms with Crippen LogP contribution in [0.1, 0.15) is 19.8 Å². The van der Waals surface area contributed by atoms with Crippen LogP contribution >= 0.6 is 0 Å². The Bertz CT molecular complexity index is 120. The van der Waals surface area contributed by atoms with Crippen molar-refractivity contribution in [2.75, 3.05) is 7.11 Å². The molecule has 0 bridgehead atoms. The molecule has 0 aliphatic heterocycles. The SMILES string of the molecule is COC(=O)[C@@H]1CC[C@H]1C. The monoisotopic (exact) mass is 128 g/mol. The van der Waals surface area contributed by atoms with Crippen molar-refractivity contribution in [2.24, 2.45) is 11.8 Å². The highest BCUT2D eigenvalue weighted by atomic mass is 16.5. The van der Waals surface area contributed by atoms with E-state index in [1.165, 1.54) is 13.5 Å². The van der Waals surface area contributed by atoms with Crippen LogP contribution in [0.2, 0.25) is 0 Å². The topological polar surface area (TPSA) is 26.3 Å². The van der Waals surface area contributed by atoms with Crippen LogP contribution in [0.25, 0.3) is 0 Å². The Morgan fingerprint density at radius 1 is 1.56 bits per heavy atom. The second-order valence-corrected chi connectivity index (χ2v) is 2.68. The summed E-state index contributed by atoms with van der Waals surface area (Å²) < 4.78 is 4.59. The fraction of sp³-hybridized carbons (Fsp3) is 0.857. The quantitative estimate of drug-likeness (QED) is 0.496. The molecule has 52 valence electrons. The van der Waals surface area contributed by atoms with Crippen molar-refractivity contribution >= 4 is 5.97 Å². The second kappa shape index (κ2) is 2.38. The average Bonchev–Trinajstić information content (AvgIpc) is 1.84. The van der Waals surface area contributed by atoms with Gasteiger partial charge in [-0.15, -0.1) is 0 Å². The van der Waals surface area contributed by atoms with Crippen molar-refractivity contribution in [3.8, 4) is 0 Å². The zero-order valence-corrected chi connectivity index (χ0v) is 5.89. The summed E-state index contributed by atoms with van der Waals surface area (Å²) in [6, 6.07) is 0. The molecule has 2 nitrogen and oxygen atoms in total. The van der Waals surface area contributed by atoms with Gasteiger partial charge in [-0.25, -0.2) is 0 Å². The zero-order valence-electron chi connectivity index (χ0n) is 5.89. The van der Waals surface area contributed by atoms with Gasteiger partial charge in [-0.2, -0.15) is 0 Å². The van der Waals surface area contributed by atoms with Crippen LogP contribution in [0, 0.1) is 11.8 Å². The van der Waals surface area contributed by atoms with E-state index in [0.29, 0.717) is 5.92 Å². The van der Waals surface area contributed by atoms with Crippen molar-refractivity contribution < 1.29 is 9.53 Å². The maximum absolute atomic E-state index is 10.8. The summed E-state index contributed by atoms with van der Waals surface area (Å²) in [5, 5.41) is 0. The van der Waals surface area contributed by atoms with E-state index in [1.807, 2.05) is 0 Å². The lowest BCUT2D eigenvalue weighted by Crippen LogP contribution is -2.31. The fourth-order valence-electron chi connectivity index (χ4n) is 1.17. The molecule has 1 saturated carbocycles. The molecule has 0 unspecified atom stereocenters. The molecule has 1 rings (SSSR count). The highest BCUT2D eigenvalue weighted by Gasteiger charge is 2.33. The first-order chi connectivity index (χ1) is 4.25. The Labute approximate surface area is 55.2 Å². The van der Waals surface area contributed by atoms with Crippen molar-refractivity contribution in [3.63, 3.8) is 0 Å². The lowest BCUT2D eigenvalue weighted by molar-refractivity contribution is -0.151. The van der Waals surface area contributed by atoms with E-state index >= 15 is 0 Å². The van der Waals surface area contributed by atoms with Crippen LogP contribution in [0.3, 0.4) is 0 Å². The zero-order chi connectivity index (χ0) is 6.85. The van der Waals surface area contributed by atoms with Crippen molar-refractivity contribution in [2.45, 2.75) is 19.8 Å². The highest BCUT2D eigenvalue weighted by Crippen LogP contribution is 2.34. The first-order valence-corrected chi connectivity index (χ1v) is 3.33. The van der Waals surface area contributed by atoms with Crippen molar-refractivity contribution in [3.05, 3.63) is 0 Å². The number of rotatable bonds is 1. The van der Waals surface area contributed by atoms with Gasteiger partial charge < -0.3 is 4.74 Å². The number of carbonyl (C=O) groups is 1. The first kappa shape index (κ1) is 6.59. The van der Waals surface area contributed by atoms with Gasteiger partial charge in [0.15, 0.2) is 0 Å². The van der Waals surface area contributed by atoms with E-state index in [1.54, 1.807) is 0 Å². The molecule has 0 aromatic carbocycles. The van der Waals surface area contributed by atoms with Gasteiger partial charge in [-0.05, 0) is 18.8 Å². The van der Waals surface area contributed by atoms with Gasteiger partial charge >= 0.3 is 5.97 Å². The maximum Gasteiger partial charge on any atom is 0.308 e. The smallest absolute Gasteiger partial charge is 0.308 e. The molecular weight excluding hydrogens is 116 g/mol. The molecule has 0 spiro atoms. The number of methoxy groups -OCH3 is 1. The molecule has 2 atom stereocenters. The van der Waals surface area contributed by atoms with Crippen LogP contribution in [-0.4, -0.2) is 13.1 Å². The Kier molecular flexibility index (Phi) is 1.74. The highest BCUT2D eigenvalue weighted by molar-refractivity contribution is 5.73. The Morgan fingerprint density at radius 2 is 2.22 bits per heavy atom. The van der Waals surface area contributed by atoms with Crippen molar-refractivity contribution in [1.82, 2.24) is 0 Å². The third-order valence-electron chi connectivity index (χ3n) is 2.12. The summed E-state index contributed by atoms with van der Waals surface area (Å²) in [5.74, 6) is 0.723. The molecule has 0 saturated heterocycles. The molecule has 0 heterocycles. The van der Waals surface area contributed by atoms with E-state index in [9.17, 15) is 4.79 Å². The average molecular weight is 128 g/mol. The predicted octanol–water partition coefficient (Wildman–Crippen LogP) is 1.21. The number of hydrogen-bond donors (Lipinski definition) is 0. The lowest BCUT2D eigenvalue weighted by Gasteiger charge is -2.30. The number of esters is 1. The van der Waals surface area contributed by atoms with Gasteiger partial charge in [-0.3, -0.25) is 4.79 Å². The molecule has 2 heteroatoms. The molecule has 0 radical (unpaired) electrons. The van der Waals surface area contributed by atoms with Gasteiger partial charge in [0.25, 0.3) is 0 Å². The summed E-state index contributed by atoms with van der Waals surface area (Å²) in [7, 11) is 1.45. The van der Waals surface area contributed by atoms with Gasteiger partial charge in [0.1, 0.15) is 0 Å². The van der Waals surface area contributed by atoms with E-state index in [-0.39, 0.29) is 11.9 Å². The summed E-state index contributed by atoms with van der Waals surface area (Å²) in [6.07, 6.45) is 2.20. The van der Waals surface area contributed by atoms with Gasteiger partial charge in [0.2, 0.25) is 0 Å². The minimum atomic E-state index is -0.0336. The Balaban J connectivity index is 2.35. The third kappa shape index (κ3) is 1.07. The number of carbonyl (C=O) groups excluding carboxylic acids is 1. The van der Waals surface area contributed by atoms with Crippen LogP contribution in [-0.2, 0) is 9.53 Å². The van der Waals surface area contributed by atoms with Gasteiger partial charge in [0.05, 0.1) is 13.0 Å². The van der Waals surface area contributed by atoms with Crippen molar-refractivity contribution in [1.29, 1.82) is 0 Å². The van der Waals surface area contributed by atoms with Crippen LogP contribution < -0.4 is 0 Å². The third-order valence-corrected chi connectivity index (χ3v) is 2.12. The number of ether oxygens (including phenoxy) is 1. The first-order valence-electron chi connectivity index (χ1n) is 3.33. The molecule has 0 aromatic heterocycles. The Morgan fingerprint density at radius 3 is 2.33 bits per heavy atom. The van der Waals surface area contributed by atoms with Gasteiger partial charge in [0, 0.05) is 0 Å². The van der Waals surface area contributed by atoms with E-state index < -0.39 is 0 Å². The summed E-state index contributed by atoms with van der Waals surface area (Å²) in [5.41, 5.74) is 0.